The quantitative estimate of drug-likeness (QED) is 0.389. The summed E-state index contributed by atoms with van der Waals surface area (Å²) in [5.74, 6) is 2.44. The minimum absolute atomic E-state index is 0.0125. The highest BCUT2D eigenvalue weighted by Crippen LogP contribution is 2.60. The third kappa shape index (κ3) is 3.77. The maximum atomic E-state index is 13.3. The summed E-state index contributed by atoms with van der Waals surface area (Å²) in [7, 11) is 0. The van der Waals surface area contributed by atoms with E-state index in [2.05, 4.69) is 10.5 Å². The fourth-order valence-electron chi connectivity index (χ4n) is 7.25. The summed E-state index contributed by atoms with van der Waals surface area (Å²) in [6.07, 6.45) is 8.13. The van der Waals surface area contributed by atoms with Crippen molar-refractivity contribution >= 4 is 22.9 Å². The summed E-state index contributed by atoms with van der Waals surface area (Å²) in [5.41, 5.74) is 3.04. The minimum atomic E-state index is -0.331. The molecule has 2 N–H and O–H groups in total. The van der Waals surface area contributed by atoms with Crippen molar-refractivity contribution in [1.82, 2.24) is 9.99 Å². The van der Waals surface area contributed by atoms with Gasteiger partial charge in [0.05, 0.1) is 29.5 Å². The summed E-state index contributed by atoms with van der Waals surface area (Å²) in [4.78, 5) is 26.6. The number of pyridine rings is 1. The Hall–Kier alpha value is -3.61. The van der Waals surface area contributed by atoms with Crippen LogP contribution in [0.1, 0.15) is 51.0 Å². The Bertz CT molecular complexity index is 1370. The first-order valence-corrected chi connectivity index (χ1v) is 12.9. The highest BCUT2D eigenvalue weighted by molar-refractivity contribution is 6.02. The molecule has 0 spiro atoms. The maximum Gasteiger partial charge on any atom is 0.265 e. The fourth-order valence-corrected chi connectivity index (χ4v) is 7.25. The van der Waals surface area contributed by atoms with Crippen LogP contribution in [0.2, 0.25) is 0 Å². The number of hydrogen-bond donors (Lipinski definition) is 2. The van der Waals surface area contributed by atoms with E-state index in [9.17, 15) is 14.7 Å². The van der Waals surface area contributed by atoms with E-state index in [1.54, 1.807) is 42.5 Å². The highest BCUT2D eigenvalue weighted by atomic mass is 16.5. The van der Waals surface area contributed by atoms with Gasteiger partial charge in [-0.2, -0.15) is 5.10 Å². The van der Waals surface area contributed by atoms with Crippen molar-refractivity contribution < 1.29 is 14.6 Å². The van der Waals surface area contributed by atoms with E-state index < -0.39 is 0 Å². The van der Waals surface area contributed by atoms with Gasteiger partial charge in [0.15, 0.2) is 0 Å². The van der Waals surface area contributed by atoms with E-state index in [1.165, 1.54) is 30.0 Å². The molecule has 1 heterocycles. The summed E-state index contributed by atoms with van der Waals surface area (Å²) < 4.78 is 6.77. The molecular weight excluding hydrogens is 454 g/mol. The predicted octanol–water partition coefficient (Wildman–Crippen LogP) is 4.76. The van der Waals surface area contributed by atoms with Gasteiger partial charge in [0.25, 0.3) is 5.56 Å². The van der Waals surface area contributed by atoms with Crippen molar-refractivity contribution in [3.63, 3.8) is 0 Å². The Kier molecular flexibility index (Phi) is 5.58. The molecule has 0 atom stereocenters. The van der Waals surface area contributed by atoms with Gasteiger partial charge < -0.3 is 9.84 Å². The van der Waals surface area contributed by atoms with Crippen LogP contribution in [0.3, 0.4) is 0 Å². The summed E-state index contributed by atoms with van der Waals surface area (Å²) >= 11 is 0. The van der Waals surface area contributed by atoms with Crippen LogP contribution in [0.5, 0.6) is 11.6 Å². The molecule has 4 aliphatic carbocycles. The van der Waals surface area contributed by atoms with Crippen LogP contribution < -0.4 is 15.7 Å². The molecule has 0 saturated heterocycles. The zero-order valence-electron chi connectivity index (χ0n) is 20.4. The second-order valence-electron chi connectivity index (χ2n) is 10.7. The van der Waals surface area contributed by atoms with Crippen LogP contribution >= 0.6 is 0 Å². The van der Waals surface area contributed by atoms with Crippen LogP contribution in [0.25, 0.3) is 16.5 Å². The van der Waals surface area contributed by atoms with Crippen LogP contribution in [0.15, 0.2) is 58.4 Å². The number of carbonyl (C=O) groups excluding carboxylic acids is 1. The Balaban J connectivity index is 1.33. The molecule has 186 valence electrons. The predicted molar refractivity (Wildman–Crippen MR) is 139 cm³/mol. The van der Waals surface area contributed by atoms with Gasteiger partial charge in [-0.3, -0.25) is 9.59 Å². The minimum Gasteiger partial charge on any atom is -0.494 e. The molecule has 0 unspecified atom stereocenters. The van der Waals surface area contributed by atoms with Gasteiger partial charge in [-0.05, 0) is 93.5 Å². The van der Waals surface area contributed by atoms with Crippen LogP contribution in [-0.2, 0) is 4.79 Å². The van der Waals surface area contributed by atoms with Gasteiger partial charge >= 0.3 is 0 Å². The SMILES string of the molecule is CCOc1ccc(-n2c(O)c(C=NNC(=O)C34CC5CC(CC(C5)C3)C4)c3ccccc3c2=O)cc1. The van der Waals surface area contributed by atoms with Crippen LogP contribution in [0, 0.1) is 23.2 Å². The molecule has 4 saturated carbocycles. The van der Waals surface area contributed by atoms with E-state index in [4.69, 9.17) is 4.74 Å². The molecular formula is C29H31N3O4. The Labute approximate surface area is 209 Å². The zero-order valence-corrected chi connectivity index (χ0v) is 20.4. The summed E-state index contributed by atoms with van der Waals surface area (Å²) in [6, 6.07) is 14.1. The molecule has 4 bridgehead atoms. The number of ether oxygens (including phenoxy) is 1. The number of aromatic hydroxyl groups is 1. The van der Waals surface area contributed by atoms with Gasteiger partial charge in [0.1, 0.15) is 5.75 Å². The smallest absolute Gasteiger partial charge is 0.265 e. The van der Waals surface area contributed by atoms with Gasteiger partial charge in [-0.1, -0.05) is 18.2 Å². The number of nitrogens with one attached hydrogen (secondary N) is 1. The zero-order chi connectivity index (χ0) is 24.9. The van der Waals surface area contributed by atoms with E-state index in [-0.39, 0.29) is 22.8 Å². The van der Waals surface area contributed by atoms with Crippen LogP contribution in [-0.4, -0.2) is 28.4 Å². The van der Waals surface area contributed by atoms with E-state index in [0.717, 1.165) is 19.3 Å². The molecule has 0 aliphatic heterocycles. The number of hydrazone groups is 1. The van der Waals surface area contributed by atoms with E-state index in [0.29, 0.717) is 52.1 Å². The molecule has 7 heteroatoms. The molecule has 7 nitrogen and oxygen atoms in total. The van der Waals surface area contributed by atoms with Crippen molar-refractivity contribution in [2.24, 2.45) is 28.3 Å². The normalized spacial score (nSPS) is 26.5. The van der Waals surface area contributed by atoms with Crippen LogP contribution in [0.4, 0.5) is 0 Å². The molecule has 36 heavy (non-hydrogen) atoms. The standard InChI is InChI=1S/C29H31N3O4/c1-2-36-22-9-7-21(8-10-22)32-26(33)24-6-4-3-5-23(24)25(27(32)34)17-30-31-28(35)29-14-18-11-19(15-29)13-20(12-18)16-29/h3-10,17-20,34H,2,11-16H2,1H3,(H,31,35). The monoisotopic (exact) mass is 485 g/mol. The average molecular weight is 486 g/mol. The topological polar surface area (TPSA) is 92.9 Å². The number of nitrogens with zero attached hydrogens (tertiary/aromatic N) is 2. The molecule has 1 amide bonds. The third-order valence-electron chi connectivity index (χ3n) is 8.39. The number of benzene rings is 2. The number of amides is 1. The number of rotatable bonds is 6. The van der Waals surface area contributed by atoms with Gasteiger partial charge in [0.2, 0.25) is 11.8 Å². The first-order chi connectivity index (χ1) is 17.5. The Morgan fingerprint density at radius 1 is 1.06 bits per heavy atom. The fraction of sp³-hybridized carbons (Fsp3) is 0.414. The lowest BCUT2D eigenvalue weighted by Crippen LogP contribution is -2.52. The number of hydrogen-bond acceptors (Lipinski definition) is 5. The van der Waals surface area contributed by atoms with Crippen molar-refractivity contribution in [3.8, 4) is 17.3 Å². The second-order valence-corrected chi connectivity index (χ2v) is 10.7. The van der Waals surface area contributed by atoms with Crippen molar-refractivity contribution in [2.45, 2.75) is 45.4 Å². The highest BCUT2D eigenvalue weighted by Gasteiger charge is 2.54. The van der Waals surface area contributed by atoms with Crippen molar-refractivity contribution in [3.05, 3.63) is 64.4 Å². The summed E-state index contributed by atoms with van der Waals surface area (Å²) in [5, 5.41) is 16.5. The van der Waals surface area contributed by atoms with E-state index >= 15 is 0 Å². The molecule has 4 aliphatic rings. The lowest BCUT2D eigenvalue weighted by Gasteiger charge is -2.55. The molecule has 1 aromatic heterocycles. The number of aromatic nitrogens is 1. The van der Waals surface area contributed by atoms with Gasteiger partial charge in [-0.25, -0.2) is 9.99 Å². The molecule has 2 aromatic carbocycles. The maximum absolute atomic E-state index is 13.3. The molecule has 4 fully saturated rings. The number of fused-ring (bicyclic) bond motifs is 1. The Morgan fingerprint density at radius 2 is 1.67 bits per heavy atom. The van der Waals surface area contributed by atoms with Gasteiger partial charge in [-0.15, -0.1) is 0 Å². The van der Waals surface area contributed by atoms with Crippen molar-refractivity contribution in [1.29, 1.82) is 0 Å². The summed E-state index contributed by atoms with van der Waals surface area (Å²) in [6.45, 7) is 2.44. The molecule has 0 radical (unpaired) electrons. The molecule has 3 aromatic rings. The van der Waals surface area contributed by atoms with E-state index in [1.807, 2.05) is 13.0 Å². The lowest BCUT2D eigenvalue weighted by molar-refractivity contribution is -0.146. The second kappa shape index (κ2) is 8.80. The Morgan fingerprint density at radius 3 is 2.28 bits per heavy atom. The van der Waals surface area contributed by atoms with Gasteiger partial charge in [0, 0.05) is 10.8 Å². The molecule has 7 rings (SSSR count). The average Bonchev–Trinajstić information content (AvgIpc) is 2.86. The lowest BCUT2D eigenvalue weighted by atomic mass is 9.49. The third-order valence-corrected chi connectivity index (χ3v) is 8.39. The van der Waals surface area contributed by atoms with Crippen molar-refractivity contribution in [2.75, 3.05) is 6.61 Å². The number of carbonyl (C=O) groups is 1. The first-order valence-electron chi connectivity index (χ1n) is 12.9. The first kappa shape index (κ1) is 22.8. The largest absolute Gasteiger partial charge is 0.494 e.